The molecule has 0 aromatic heterocycles. The minimum Gasteiger partial charge on any atom is -0.465 e. The van der Waals surface area contributed by atoms with Gasteiger partial charge in [-0.1, -0.05) is 24.3 Å². The van der Waals surface area contributed by atoms with Gasteiger partial charge in [-0.05, 0) is 42.3 Å². The highest BCUT2D eigenvalue weighted by atomic mass is 32.2. The van der Waals surface area contributed by atoms with Crippen molar-refractivity contribution in [2.24, 2.45) is 0 Å². The average molecular weight is 403 g/mol. The highest BCUT2D eigenvalue weighted by Crippen LogP contribution is 2.27. The lowest BCUT2D eigenvalue weighted by atomic mass is 9.96. The molecule has 7 nitrogen and oxygen atoms in total. The largest absolute Gasteiger partial charge is 0.465 e. The van der Waals surface area contributed by atoms with Gasteiger partial charge in [-0.25, -0.2) is 18.0 Å². The smallest absolute Gasteiger partial charge is 0.337 e. The van der Waals surface area contributed by atoms with E-state index in [4.69, 9.17) is 4.74 Å². The molecule has 0 unspecified atom stereocenters. The number of nitrogens with zero attached hydrogens (tertiary/aromatic N) is 1. The van der Waals surface area contributed by atoms with Gasteiger partial charge in [0, 0.05) is 13.0 Å². The fourth-order valence-electron chi connectivity index (χ4n) is 3.12. The number of fused-ring (bicyclic) bond motifs is 1. The number of ether oxygens (including phenoxy) is 2. The van der Waals surface area contributed by atoms with Gasteiger partial charge >= 0.3 is 11.9 Å². The normalized spacial score (nSPS) is 16.9. The SMILES string of the molecule is CCS(=O)(=O)N1Cc2ccccc2C[C@@H]1C(=O)Oc1ccc(C(=O)OC)cc1. The zero-order valence-electron chi connectivity index (χ0n) is 15.6. The third-order valence-electron chi connectivity index (χ3n) is 4.69. The van der Waals surface area contributed by atoms with Gasteiger partial charge in [0.15, 0.2) is 0 Å². The molecule has 0 amide bonds. The number of rotatable bonds is 5. The Labute approximate surface area is 163 Å². The van der Waals surface area contributed by atoms with Crippen LogP contribution < -0.4 is 4.74 Å². The summed E-state index contributed by atoms with van der Waals surface area (Å²) in [6, 6.07) is 12.4. The van der Waals surface area contributed by atoms with Gasteiger partial charge < -0.3 is 9.47 Å². The van der Waals surface area contributed by atoms with Gasteiger partial charge in [-0.15, -0.1) is 0 Å². The van der Waals surface area contributed by atoms with Crippen molar-refractivity contribution >= 4 is 22.0 Å². The summed E-state index contributed by atoms with van der Waals surface area (Å²) in [4.78, 5) is 24.3. The Balaban J connectivity index is 1.84. The second kappa shape index (κ2) is 8.12. The number of carbonyl (C=O) groups is 2. The minimum atomic E-state index is -3.60. The van der Waals surface area contributed by atoms with Gasteiger partial charge in [0.1, 0.15) is 11.8 Å². The van der Waals surface area contributed by atoms with Crippen LogP contribution in [0.1, 0.15) is 28.4 Å². The van der Waals surface area contributed by atoms with Crippen LogP contribution in [-0.4, -0.2) is 43.6 Å². The molecule has 0 fully saturated rings. The van der Waals surface area contributed by atoms with Gasteiger partial charge in [0.05, 0.1) is 18.4 Å². The van der Waals surface area contributed by atoms with Gasteiger partial charge in [-0.3, -0.25) is 0 Å². The first-order chi connectivity index (χ1) is 13.4. The molecule has 148 valence electrons. The van der Waals surface area contributed by atoms with Crippen molar-refractivity contribution in [3.05, 3.63) is 65.2 Å². The first-order valence-electron chi connectivity index (χ1n) is 8.82. The molecule has 2 aromatic rings. The standard InChI is InChI=1S/C20H21NO6S/c1-3-28(24,25)21-13-16-7-5-4-6-15(16)12-18(21)20(23)27-17-10-8-14(9-11-17)19(22)26-2/h4-11,18H,3,12-13H2,1-2H3/t18-/m1/s1. The Morgan fingerprint density at radius 1 is 1.07 bits per heavy atom. The lowest BCUT2D eigenvalue weighted by Gasteiger charge is -2.34. The summed E-state index contributed by atoms with van der Waals surface area (Å²) in [6.45, 7) is 1.68. The maximum Gasteiger partial charge on any atom is 0.337 e. The fraction of sp³-hybridized carbons (Fsp3) is 0.300. The van der Waals surface area contributed by atoms with Gasteiger partial charge in [-0.2, -0.15) is 4.31 Å². The molecule has 0 bridgehead atoms. The van der Waals surface area contributed by atoms with Gasteiger partial charge in [0.25, 0.3) is 0 Å². The van der Waals surface area contributed by atoms with Crippen LogP contribution in [0.2, 0.25) is 0 Å². The van der Waals surface area contributed by atoms with E-state index in [1.165, 1.54) is 35.7 Å². The molecule has 1 heterocycles. The third-order valence-corrected chi connectivity index (χ3v) is 6.52. The molecular formula is C20H21NO6S. The number of methoxy groups -OCH3 is 1. The Kier molecular flexibility index (Phi) is 5.81. The zero-order valence-corrected chi connectivity index (χ0v) is 16.4. The van der Waals surface area contributed by atoms with E-state index >= 15 is 0 Å². The highest BCUT2D eigenvalue weighted by Gasteiger charge is 2.39. The van der Waals surface area contributed by atoms with E-state index in [1.807, 2.05) is 24.3 Å². The zero-order chi connectivity index (χ0) is 20.3. The Morgan fingerprint density at radius 3 is 2.32 bits per heavy atom. The summed E-state index contributed by atoms with van der Waals surface area (Å²) in [5, 5.41) is 0. The molecule has 1 aliphatic heterocycles. The topological polar surface area (TPSA) is 90.0 Å². The Morgan fingerprint density at radius 2 is 1.71 bits per heavy atom. The number of hydrogen-bond donors (Lipinski definition) is 0. The maximum atomic E-state index is 12.8. The molecule has 28 heavy (non-hydrogen) atoms. The van der Waals surface area contributed by atoms with Crippen LogP contribution in [0.25, 0.3) is 0 Å². The Bertz CT molecular complexity index is 984. The molecular weight excluding hydrogens is 382 g/mol. The minimum absolute atomic E-state index is 0.104. The lowest BCUT2D eigenvalue weighted by molar-refractivity contribution is -0.139. The number of sulfonamides is 1. The molecule has 0 N–H and O–H groups in total. The molecule has 1 atom stereocenters. The molecule has 0 saturated heterocycles. The van der Waals surface area contributed by atoms with Crippen LogP contribution in [0.15, 0.2) is 48.5 Å². The molecule has 8 heteroatoms. The maximum absolute atomic E-state index is 12.8. The molecule has 1 aliphatic rings. The second-order valence-corrected chi connectivity index (χ2v) is 8.58. The first-order valence-corrected chi connectivity index (χ1v) is 10.4. The molecule has 0 aliphatic carbocycles. The van der Waals surface area contributed by atoms with Gasteiger partial charge in [0.2, 0.25) is 10.0 Å². The van der Waals surface area contributed by atoms with E-state index in [0.717, 1.165) is 11.1 Å². The van der Waals surface area contributed by atoms with E-state index < -0.39 is 28.0 Å². The van der Waals surface area contributed by atoms with Crippen LogP contribution in [0.4, 0.5) is 0 Å². The van der Waals surface area contributed by atoms with Crippen molar-refractivity contribution in [2.75, 3.05) is 12.9 Å². The molecule has 3 rings (SSSR count). The summed E-state index contributed by atoms with van der Waals surface area (Å²) < 4.78 is 36.4. The van der Waals surface area contributed by atoms with Crippen molar-refractivity contribution in [3.8, 4) is 5.75 Å². The van der Waals surface area contributed by atoms with Crippen molar-refractivity contribution in [1.82, 2.24) is 4.31 Å². The van der Waals surface area contributed by atoms with Crippen LogP contribution in [0.3, 0.4) is 0 Å². The van der Waals surface area contributed by atoms with Crippen molar-refractivity contribution in [3.63, 3.8) is 0 Å². The summed E-state index contributed by atoms with van der Waals surface area (Å²) >= 11 is 0. The first kappa shape index (κ1) is 20.0. The summed E-state index contributed by atoms with van der Waals surface area (Å²) in [7, 11) is -2.32. The number of hydrogen-bond acceptors (Lipinski definition) is 6. The number of esters is 2. The predicted molar refractivity (Wildman–Crippen MR) is 102 cm³/mol. The lowest BCUT2D eigenvalue weighted by Crippen LogP contribution is -2.50. The predicted octanol–water partition coefficient (Wildman–Crippen LogP) is 2.16. The number of benzene rings is 2. The fourth-order valence-corrected chi connectivity index (χ4v) is 4.33. The van der Waals surface area contributed by atoms with Crippen molar-refractivity contribution < 1.29 is 27.5 Å². The van der Waals surface area contributed by atoms with E-state index in [-0.39, 0.29) is 24.5 Å². The van der Waals surface area contributed by atoms with Crippen LogP contribution in [0.5, 0.6) is 5.75 Å². The quantitative estimate of drug-likeness (QED) is 0.561. The molecule has 0 saturated carbocycles. The second-order valence-electron chi connectivity index (χ2n) is 6.37. The van der Waals surface area contributed by atoms with Crippen molar-refractivity contribution in [2.45, 2.75) is 25.9 Å². The van der Waals surface area contributed by atoms with Crippen LogP contribution in [0, 0.1) is 0 Å². The van der Waals surface area contributed by atoms with E-state index in [9.17, 15) is 18.0 Å². The summed E-state index contributed by atoms with van der Waals surface area (Å²) in [6.07, 6.45) is 0.245. The van der Waals surface area contributed by atoms with E-state index in [1.54, 1.807) is 6.92 Å². The summed E-state index contributed by atoms with van der Waals surface area (Å²) in [5.74, 6) is -1.03. The third kappa shape index (κ3) is 4.07. The molecule has 2 aromatic carbocycles. The van der Waals surface area contributed by atoms with Crippen LogP contribution in [-0.2, 0) is 32.5 Å². The Hall–Kier alpha value is -2.71. The molecule has 0 radical (unpaired) electrons. The highest BCUT2D eigenvalue weighted by molar-refractivity contribution is 7.89. The van der Waals surface area contributed by atoms with Crippen LogP contribution >= 0.6 is 0 Å². The monoisotopic (exact) mass is 403 g/mol. The van der Waals surface area contributed by atoms with E-state index in [2.05, 4.69) is 4.74 Å². The van der Waals surface area contributed by atoms with Crippen molar-refractivity contribution in [1.29, 1.82) is 0 Å². The van der Waals surface area contributed by atoms with E-state index in [0.29, 0.717) is 5.56 Å². The number of carbonyl (C=O) groups excluding carboxylic acids is 2. The average Bonchev–Trinajstić information content (AvgIpc) is 2.72. The molecule has 0 spiro atoms. The summed E-state index contributed by atoms with van der Waals surface area (Å²) in [5.41, 5.74) is 2.13.